The molecule has 0 spiro atoms. The highest BCUT2D eigenvalue weighted by atomic mass is 16.6. The highest BCUT2D eigenvalue weighted by Crippen LogP contribution is 2.30. The third kappa shape index (κ3) is 21.4. The summed E-state index contributed by atoms with van der Waals surface area (Å²) in [6.07, 6.45) is 5.14. The van der Waals surface area contributed by atoms with E-state index < -0.39 is 125 Å². The van der Waals surface area contributed by atoms with Gasteiger partial charge in [0, 0.05) is 26.3 Å². The van der Waals surface area contributed by atoms with Crippen LogP contribution in [-0.4, -0.2) is 137 Å². The molecule has 0 aromatic rings. The summed E-state index contributed by atoms with van der Waals surface area (Å²) in [5.41, 5.74) is -1.66. The van der Waals surface area contributed by atoms with Crippen molar-refractivity contribution in [2.24, 2.45) is 11.8 Å². The number of hydrogen-bond donors (Lipinski definition) is 6. The predicted molar refractivity (Wildman–Crippen MR) is 256 cm³/mol. The van der Waals surface area contributed by atoms with E-state index in [1.807, 2.05) is 0 Å². The van der Waals surface area contributed by atoms with Gasteiger partial charge in [-0.2, -0.15) is 0 Å². The number of Topliss-reactive ketones (excluding diaryl/α,β-unsaturated/α-hetero) is 1. The molecule has 1 unspecified atom stereocenters. The second kappa shape index (κ2) is 28.7. The molecule has 6 atom stereocenters. The molecule has 0 aromatic heterocycles. The van der Waals surface area contributed by atoms with Crippen LogP contribution in [0.1, 0.15) is 153 Å². The lowest BCUT2D eigenvalue weighted by atomic mass is 9.83. The summed E-state index contributed by atoms with van der Waals surface area (Å²) in [6, 6.07) is -7.42. The molecule has 1 aliphatic heterocycles. The van der Waals surface area contributed by atoms with E-state index in [2.05, 4.69) is 38.5 Å². The molecule has 1 heterocycles. The molecule has 0 aromatic carbocycles. The number of likely N-dealkylation sites (tertiary alicyclic amines) is 1. The summed E-state index contributed by atoms with van der Waals surface area (Å²) in [4.78, 5) is 148. The molecule has 21 heteroatoms. The van der Waals surface area contributed by atoms with Crippen molar-refractivity contribution in [3.63, 3.8) is 0 Å². The zero-order valence-corrected chi connectivity index (χ0v) is 42.9. The minimum Gasteiger partial charge on any atom is -0.460 e. The highest BCUT2D eigenvalue weighted by Gasteiger charge is 2.43. The summed E-state index contributed by atoms with van der Waals surface area (Å²) in [6.45, 7) is 19.3. The minimum atomic E-state index is -1.44. The van der Waals surface area contributed by atoms with Crippen LogP contribution in [0.5, 0.6) is 0 Å². The Morgan fingerprint density at radius 3 is 1.74 bits per heavy atom. The molecule has 0 radical (unpaired) electrons. The average Bonchev–Trinajstić information content (AvgIpc) is 3.77. The van der Waals surface area contributed by atoms with Crippen LogP contribution < -0.4 is 31.9 Å². The fourth-order valence-corrected chi connectivity index (χ4v) is 8.15. The Bertz CT molecular complexity index is 1880. The lowest BCUT2D eigenvalue weighted by molar-refractivity contribution is -0.156. The molecule has 1 saturated heterocycles. The zero-order chi connectivity index (χ0) is 52.9. The molecule has 21 nitrogen and oxygen atoms in total. The van der Waals surface area contributed by atoms with E-state index in [0.29, 0.717) is 25.7 Å². The van der Waals surface area contributed by atoms with Crippen LogP contribution >= 0.6 is 0 Å². The van der Waals surface area contributed by atoms with Gasteiger partial charge in [-0.3, -0.25) is 52.7 Å². The number of amides is 7. The smallest absolute Gasteiger partial charge is 0.325 e. The van der Waals surface area contributed by atoms with Crippen LogP contribution in [0.3, 0.4) is 0 Å². The quantitative estimate of drug-likeness (QED) is 0.0314. The fourth-order valence-electron chi connectivity index (χ4n) is 8.15. The van der Waals surface area contributed by atoms with Gasteiger partial charge in [0.05, 0.1) is 6.04 Å². The van der Waals surface area contributed by atoms with E-state index in [1.54, 1.807) is 62.3 Å². The third-order valence-electron chi connectivity index (χ3n) is 11.4. The molecule has 0 bridgehead atoms. The van der Waals surface area contributed by atoms with Crippen LogP contribution in [0.4, 0.5) is 0 Å². The van der Waals surface area contributed by atoms with Gasteiger partial charge >= 0.3 is 17.9 Å². The van der Waals surface area contributed by atoms with Crippen molar-refractivity contribution in [3.05, 3.63) is 12.7 Å². The fraction of sp³-hybridized carbons (Fsp3) is 0.735. The minimum absolute atomic E-state index is 0.0841. The van der Waals surface area contributed by atoms with Gasteiger partial charge in [-0.25, -0.2) is 0 Å². The SMILES string of the molecule is C=CCOC(=O)CNC(=O)C(=O)C(CCC)NC(=O)[C@@H]1CCCN1C(=O)[C@@H](NC(=O)[C@@H](NC(=O)[C@H](CCC(=O)OC(C)(C)C)NC(=O)[C@H](CCC(=O)OC(C)(C)C)NC(C)=O)C(C)C)C1CCCCC1. The molecule has 1 saturated carbocycles. The second-order valence-corrected chi connectivity index (χ2v) is 20.2. The zero-order valence-electron chi connectivity index (χ0n) is 42.9. The maximum absolute atomic E-state index is 14.7. The molecule has 6 N–H and O–H groups in total. The van der Waals surface area contributed by atoms with Crippen LogP contribution in [0.25, 0.3) is 0 Å². The van der Waals surface area contributed by atoms with Gasteiger partial charge in [-0.15, -0.1) is 0 Å². The van der Waals surface area contributed by atoms with Gasteiger partial charge in [-0.05, 0) is 98.3 Å². The standard InChI is InChI=1S/C49H79N7O14/c1-12-18-32(41(61)46(66)50-28-38(60)68-27-13-2)52-44(64)35-21-17-26-56(35)47(67)40(31-19-15-14-16-20-31)55-45(65)39(29(3)4)54-43(63)34(23-25-37(59)70-49(9,10)11)53-42(62)33(51-30(5)57)22-24-36(58)69-48(6,7)8/h13,29,31-35,39-40H,2,12,14-28H2,1,3-11H3,(H,50,66)(H,51,57)(H,52,64)(H,53,62)(H,54,63)(H,55,65)/t32?,33-,34-,35-,39-,40-/m0/s1. The predicted octanol–water partition coefficient (Wildman–Crippen LogP) is 2.12. The number of carbonyl (C=O) groups is 11. The molecule has 2 rings (SSSR count). The van der Waals surface area contributed by atoms with Crippen molar-refractivity contribution in [1.29, 1.82) is 0 Å². The summed E-state index contributed by atoms with van der Waals surface area (Å²) < 4.78 is 15.6. The summed E-state index contributed by atoms with van der Waals surface area (Å²) in [7, 11) is 0. The van der Waals surface area contributed by atoms with Crippen molar-refractivity contribution in [2.75, 3.05) is 19.7 Å². The van der Waals surface area contributed by atoms with Crippen LogP contribution in [0.15, 0.2) is 12.7 Å². The van der Waals surface area contributed by atoms with Crippen LogP contribution in [0, 0.1) is 11.8 Å². The molecule has 70 heavy (non-hydrogen) atoms. The Labute approximate surface area is 412 Å². The average molecular weight is 990 g/mol. The molecule has 394 valence electrons. The Morgan fingerprint density at radius 1 is 0.671 bits per heavy atom. The first-order valence-corrected chi connectivity index (χ1v) is 24.5. The molecule has 2 aliphatic rings. The number of ketones is 1. The van der Waals surface area contributed by atoms with Gasteiger partial charge in [0.15, 0.2) is 0 Å². The van der Waals surface area contributed by atoms with E-state index in [9.17, 15) is 52.7 Å². The molecular formula is C49H79N7O14. The van der Waals surface area contributed by atoms with Gasteiger partial charge in [0.1, 0.15) is 54.6 Å². The van der Waals surface area contributed by atoms with Crippen LogP contribution in [-0.2, 0) is 67.0 Å². The van der Waals surface area contributed by atoms with E-state index >= 15 is 0 Å². The van der Waals surface area contributed by atoms with E-state index in [-0.39, 0.29) is 57.6 Å². The van der Waals surface area contributed by atoms with Gasteiger partial charge in [-0.1, -0.05) is 59.1 Å². The summed E-state index contributed by atoms with van der Waals surface area (Å²) in [5.74, 6) is -9.25. The van der Waals surface area contributed by atoms with Crippen LogP contribution in [0.2, 0.25) is 0 Å². The lowest BCUT2D eigenvalue weighted by Crippen LogP contribution is -2.61. The van der Waals surface area contributed by atoms with Gasteiger partial charge in [0.25, 0.3) is 5.91 Å². The number of hydrogen-bond acceptors (Lipinski definition) is 14. The molecule has 2 fully saturated rings. The molecular weight excluding hydrogens is 911 g/mol. The van der Waals surface area contributed by atoms with E-state index in [4.69, 9.17) is 14.2 Å². The van der Waals surface area contributed by atoms with E-state index in [1.165, 1.54) is 17.9 Å². The highest BCUT2D eigenvalue weighted by molar-refractivity contribution is 6.38. The third-order valence-corrected chi connectivity index (χ3v) is 11.4. The number of carbonyl (C=O) groups excluding carboxylic acids is 11. The topological polar surface area (TPSA) is 291 Å². The summed E-state index contributed by atoms with van der Waals surface area (Å²) in [5, 5.41) is 15.5. The first kappa shape index (κ1) is 60.2. The number of nitrogens with zero attached hydrogens (tertiary/aromatic N) is 1. The lowest BCUT2D eigenvalue weighted by Gasteiger charge is -2.36. The largest absolute Gasteiger partial charge is 0.460 e. The Balaban J connectivity index is 2.39. The first-order chi connectivity index (χ1) is 32.7. The summed E-state index contributed by atoms with van der Waals surface area (Å²) >= 11 is 0. The maximum atomic E-state index is 14.7. The molecule has 1 aliphatic carbocycles. The first-order valence-electron chi connectivity index (χ1n) is 24.5. The number of rotatable bonds is 26. The number of ether oxygens (including phenoxy) is 3. The van der Waals surface area contributed by atoms with Gasteiger partial charge in [0.2, 0.25) is 41.2 Å². The van der Waals surface area contributed by atoms with Crippen molar-refractivity contribution in [1.82, 2.24) is 36.8 Å². The second-order valence-electron chi connectivity index (χ2n) is 20.2. The van der Waals surface area contributed by atoms with Crippen molar-refractivity contribution >= 4 is 65.0 Å². The number of nitrogens with one attached hydrogen (secondary N) is 6. The normalized spacial score (nSPS) is 17.3. The Morgan fingerprint density at radius 2 is 1.23 bits per heavy atom. The number of esters is 3. The van der Waals surface area contributed by atoms with Crippen molar-refractivity contribution < 1.29 is 67.0 Å². The Hall–Kier alpha value is -5.89. The Kier molecular flexibility index (Phi) is 24.7. The maximum Gasteiger partial charge on any atom is 0.325 e. The monoisotopic (exact) mass is 990 g/mol. The molecule has 7 amide bonds. The van der Waals surface area contributed by atoms with E-state index in [0.717, 1.165) is 19.3 Å². The van der Waals surface area contributed by atoms with Crippen molar-refractivity contribution in [2.45, 2.75) is 200 Å². The van der Waals surface area contributed by atoms with Gasteiger partial charge < -0.3 is 51.0 Å². The van der Waals surface area contributed by atoms with Crippen molar-refractivity contribution in [3.8, 4) is 0 Å².